The second-order valence-electron chi connectivity index (χ2n) is 10.4. The zero-order valence-electron chi connectivity index (χ0n) is 16.9. The fraction of sp³-hybridized carbons (Fsp3) is 0.957. The smallest absolute Gasteiger partial charge is 0.302 e. The molecule has 2 nitrogen and oxygen atoms in total. The van der Waals surface area contributed by atoms with E-state index < -0.39 is 0 Å². The highest BCUT2D eigenvalue weighted by Crippen LogP contribution is 2.67. The van der Waals surface area contributed by atoms with Crippen LogP contribution in [0.25, 0.3) is 0 Å². The Bertz CT molecular complexity index is 528. The molecule has 4 aliphatic rings. The molecule has 4 rings (SSSR count). The highest BCUT2D eigenvalue weighted by molar-refractivity contribution is 5.66. The molecule has 0 N–H and O–H groups in total. The van der Waals surface area contributed by atoms with E-state index in [0.29, 0.717) is 16.7 Å². The Morgan fingerprint density at radius 3 is 2.44 bits per heavy atom. The van der Waals surface area contributed by atoms with Crippen LogP contribution in [0.4, 0.5) is 0 Å². The molecule has 25 heavy (non-hydrogen) atoms. The van der Waals surface area contributed by atoms with Crippen molar-refractivity contribution in [1.82, 2.24) is 0 Å². The Morgan fingerprint density at radius 1 is 0.920 bits per heavy atom. The molecule has 4 saturated carbocycles. The van der Waals surface area contributed by atoms with E-state index in [9.17, 15) is 4.79 Å². The molecule has 0 amide bonds. The molecule has 4 aliphatic carbocycles. The summed E-state index contributed by atoms with van der Waals surface area (Å²) in [6.07, 6.45) is 14.4. The van der Waals surface area contributed by atoms with Crippen LogP contribution in [0, 0.1) is 40.4 Å². The van der Waals surface area contributed by atoms with Crippen molar-refractivity contribution in [3.8, 4) is 0 Å². The van der Waals surface area contributed by atoms with Gasteiger partial charge in [-0.1, -0.05) is 26.7 Å². The van der Waals surface area contributed by atoms with Crippen molar-refractivity contribution in [3.63, 3.8) is 0 Å². The third-order valence-corrected chi connectivity index (χ3v) is 9.58. The molecule has 0 aromatic heterocycles. The van der Waals surface area contributed by atoms with Crippen molar-refractivity contribution in [1.29, 1.82) is 0 Å². The van der Waals surface area contributed by atoms with Gasteiger partial charge in [0.25, 0.3) is 0 Å². The topological polar surface area (TPSA) is 26.3 Å². The number of carbonyl (C=O) groups excluding carboxylic acids is 1. The van der Waals surface area contributed by atoms with E-state index in [4.69, 9.17) is 4.74 Å². The van der Waals surface area contributed by atoms with E-state index in [1.807, 2.05) is 0 Å². The second kappa shape index (κ2) is 6.27. The lowest BCUT2D eigenvalue weighted by Gasteiger charge is -2.60. The minimum Gasteiger partial charge on any atom is -0.463 e. The van der Waals surface area contributed by atoms with Gasteiger partial charge in [0.05, 0.1) is 0 Å². The number of fused-ring (bicyclic) bond motifs is 5. The first-order valence-electron chi connectivity index (χ1n) is 11.0. The van der Waals surface area contributed by atoms with Gasteiger partial charge in [0.15, 0.2) is 0 Å². The average molecular weight is 347 g/mol. The van der Waals surface area contributed by atoms with Crippen molar-refractivity contribution < 1.29 is 9.53 Å². The Kier molecular flexibility index (Phi) is 4.48. The molecule has 0 aromatic carbocycles. The predicted molar refractivity (Wildman–Crippen MR) is 101 cm³/mol. The van der Waals surface area contributed by atoms with Gasteiger partial charge in [-0.05, 0) is 92.8 Å². The lowest BCUT2D eigenvalue weighted by Crippen LogP contribution is -2.53. The third kappa shape index (κ3) is 2.69. The van der Waals surface area contributed by atoms with Gasteiger partial charge in [0.2, 0.25) is 0 Å². The molecule has 7 unspecified atom stereocenters. The molecule has 0 radical (unpaired) electrons. The number of esters is 1. The summed E-state index contributed by atoms with van der Waals surface area (Å²) in [7, 11) is 0. The third-order valence-electron chi connectivity index (χ3n) is 9.58. The van der Waals surface area contributed by atoms with E-state index in [1.165, 1.54) is 64.2 Å². The van der Waals surface area contributed by atoms with Gasteiger partial charge in [-0.15, -0.1) is 0 Å². The largest absolute Gasteiger partial charge is 0.463 e. The lowest BCUT2D eigenvalue weighted by atomic mass is 9.45. The lowest BCUT2D eigenvalue weighted by molar-refractivity contribution is -0.154. The second-order valence-corrected chi connectivity index (χ2v) is 10.4. The van der Waals surface area contributed by atoms with Gasteiger partial charge in [-0.25, -0.2) is 0 Å². The fourth-order valence-corrected chi connectivity index (χ4v) is 8.45. The maximum absolute atomic E-state index is 11.5. The zero-order valence-corrected chi connectivity index (χ0v) is 16.9. The molecule has 0 saturated heterocycles. The number of ether oxygens (including phenoxy) is 1. The summed E-state index contributed by atoms with van der Waals surface area (Å²) in [5.41, 5.74) is 1.02. The maximum Gasteiger partial charge on any atom is 0.302 e. The summed E-state index contributed by atoms with van der Waals surface area (Å²) < 4.78 is 5.65. The van der Waals surface area contributed by atoms with Crippen LogP contribution < -0.4 is 0 Å². The summed E-state index contributed by atoms with van der Waals surface area (Å²) in [4.78, 5) is 11.5. The highest BCUT2D eigenvalue weighted by Gasteiger charge is 2.60. The van der Waals surface area contributed by atoms with E-state index in [0.717, 1.165) is 23.7 Å². The summed E-state index contributed by atoms with van der Waals surface area (Å²) in [5, 5.41) is 0. The summed E-state index contributed by atoms with van der Waals surface area (Å²) in [5.74, 6) is 4.24. The van der Waals surface area contributed by atoms with Crippen molar-refractivity contribution >= 4 is 5.97 Å². The molecule has 142 valence electrons. The van der Waals surface area contributed by atoms with Crippen LogP contribution in [0.5, 0.6) is 0 Å². The summed E-state index contributed by atoms with van der Waals surface area (Å²) in [6, 6.07) is 0. The minimum absolute atomic E-state index is 0.0886. The number of rotatable bonds is 2. The van der Waals surface area contributed by atoms with Gasteiger partial charge >= 0.3 is 5.97 Å². The van der Waals surface area contributed by atoms with E-state index in [-0.39, 0.29) is 12.1 Å². The van der Waals surface area contributed by atoms with Crippen LogP contribution in [0.3, 0.4) is 0 Å². The molecule has 0 spiro atoms. The first kappa shape index (κ1) is 17.9. The van der Waals surface area contributed by atoms with Crippen molar-refractivity contribution in [3.05, 3.63) is 0 Å². The quantitative estimate of drug-likeness (QED) is 0.574. The average Bonchev–Trinajstić information content (AvgIpc) is 2.91. The molecule has 0 aliphatic heterocycles. The standard InChI is InChI=1S/C23H38O2/c1-15(25-16(2)24)19-10-11-20-18-9-8-17-7-5-6-13-22(17,3)21(18)12-14-23(19,20)4/h15,17-21H,5-14H2,1-4H3/t15?,17-,18?,19?,20?,21?,22?,23?/m1/s1. The van der Waals surface area contributed by atoms with Crippen molar-refractivity contribution in [2.24, 2.45) is 40.4 Å². The van der Waals surface area contributed by atoms with Crippen LogP contribution in [-0.2, 0) is 9.53 Å². The van der Waals surface area contributed by atoms with Gasteiger partial charge in [-0.3, -0.25) is 4.79 Å². The Hall–Kier alpha value is -0.530. The van der Waals surface area contributed by atoms with Crippen LogP contribution in [-0.4, -0.2) is 12.1 Å². The Morgan fingerprint density at radius 2 is 1.68 bits per heavy atom. The number of hydrogen-bond acceptors (Lipinski definition) is 2. The molecule has 0 bridgehead atoms. The Balaban J connectivity index is 1.56. The van der Waals surface area contributed by atoms with Crippen LogP contribution >= 0.6 is 0 Å². The first-order chi connectivity index (χ1) is 11.9. The normalized spacial score (nSPS) is 50.3. The first-order valence-corrected chi connectivity index (χ1v) is 11.0. The molecule has 2 heteroatoms. The highest BCUT2D eigenvalue weighted by atomic mass is 16.5. The van der Waals surface area contributed by atoms with Crippen LogP contribution in [0.1, 0.15) is 91.9 Å². The summed E-state index contributed by atoms with van der Waals surface area (Å²) in [6.45, 7) is 8.91. The van der Waals surface area contributed by atoms with Gasteiger partial charge in [-0.2, -0.15) is 0 Å². The molecular weight excluding hydrogens is 308 g/mol. The molecule has 0 aromatic rings. The fourth-order valence-electron chi connectivity index (χ4n) is 8.45. The van der Waals surface area contributed by atoms with Gasteiger partial charge in [0, 0.05) is 12.8 Å². The summed E-state index contributed by atoms with van der Waals surface area (Å²) >= 11 is 0. The molecular formula is C23H38O2. The maximum atomic E-state index is 11.5. The van der Waals surface area contributed by atoms with Crippen molar-refractivity contribution in [2.45, 2.75) is 98.0 Å². The Labute approximate surface area is 154 Å². The van der Waals surface area contributed by atoms with Crippen LogP contribution in [0.15, 0.2) is 0 Å². The van der Waals surface area contributed by atoms with Gasteiger partial charge in [0.1, 0.15) is 6.10 Å². The van der Waals surface area contributed by atoms with Crippen LogP contribution in [0.2, 0.25) is 0 Å². The van der Waals surface area contributed by atoms with Gasteiger partial charge < -0.3 is 4.74 Å². The number of carbonyl (C=O) groups is 1. The predicted octanol–water partition coefficient (Wildman–Crippen LogP) is 5.99. The van der Waals surface area contributed by atoms with E-state index in [2.05, 4.69) is 20.8 Å². The van der Waals surface area contributed by atoms with E-state index >= 15 is 0 Å². The molecule has 8 atom stereocenters. The molecule has 0 heterocycles. The monoisotopic (exact) mass is 346 g/mol. The zero-order chi connectivity index (χ0) is 17.8. The SMILES string of the molecule is CC(=O)OC(C)C1CCC2C3CC[C@H]4CCCCC4(C)C3CCC12C. The van der Waals surface area contributed by atoms with E-state index in [1.54, 1.807) is 6.92 Å². The van der Waals surface area contributed by atoms with Crippen molar-refractivity contribution in [2.75, 3.05) is 0 Å². The molecule has 4 fully saturated rings. The minimum atomic E-state index is -0.108. The number of hydrogen-bond donors (Lipinski definition) is 0.